The molecule has 8 heteroatoms. The van der Waals surface area contributed by atoms with E-state index in [2.05, 4.69) is 16.3 Å². The van der Waals surface area contributed by atoms with Crippen LogP contribution in [0.2, 0.25) is 0 Å². The molecule has 0 spiro atoms. The largest absolute Gasteiger partial charge is 0.506 e. The van der Waals surface area contributed by atoms with Crippen LogP contribution in [0.3, 0.4) is 0 Å². The highest BCUT2D eigenvalue weighted by atomic mass is 16.3. The van der Waals surface area contributed by atoms with E-state index in [-0.39, 0.29) is 46.1 Å². The standard InChI is InChI=1S/C49H72N4O4/c1-5-49(3,4)48(57)50-40-32-38(52(30-16-22-34-18-12-13-19-34)31-17-23-35-20-14-15-21-35)28-29-39(40)42-45(54)43(46(42)55)41-33(2)51-53(47(41)56)44(36-24-8-6-9-25-36)37-26-10-7-11-27-37/h28-29,32,34-37,44,54H,5-27,30-31H2,1-4H3,(H,50,57). The zero-order chi connectivity index (χ0) is 40.1. The van der Waals surface area contributed by atoms with Gasteiger partial charge in [-0.15, -0.1) is 0 Å². The molecule has 0 bridgehead atoms. The Kier molecular flexibility index (Phi) is 13.7. The maximum absolute atomic E-state index is 14.4. The van der Waals surface area contributed by atoms with Crippen LogP contribution in [0.25, 0.3) is 5.57 Å². The molecular weight excluding hydrogens is 709 g/mol. The number of carbonyl (C=O) groups excluding carboxylic acids is 3. The van der Waals surface area contributed by atoms with Gasteiger partial charge in [0.2, 0.25) is 11.7 Å². The Labute approximate surface area is 343 Å². The second-order valence-electron chi connectivity index (χ2n) is 19.4. The summed E-state index contributed by atoms with van der Waals surface area (Å²) >= 11 is 0. The number of Topliss-reactive ketones (excluding diaryl/α,β-unsaturated/α-hetero) is 1. The number of nitrogens with zero attached hydrogens (tertiary/aromatic N) is 3. The van der Waals surface area contributed by atoms with E-state index in [4.69, 9.17) is 5.10 Å². The van der Waals surface area contributed by atoms with Crippen molar-refractivity contribution >= 4 is 40.3 Å². The number of anilines is 2. The van der Waals surface area contributed by atoms with Gasteiger partial charge in [0.05, 0.1) is 34.2 Å². The summed E-state index contributed by atoms with van der Waals surface area (Å²) in [5, 5.41) is 21.7. The molecule has 6 aliphatic rings. The molecule has 4 fully saturated rings. The first kappa shape index (κ1) is 41.7. The predicted molar refractivity (Wildman–Crippen MR) is 232 cm³/mol. The number of amides is 2. The molecule has 0 atom stereocenters. The van der Waals surface area contributed by atoms with Crippen molar-refractivity contribution in [3.63, 3.8) is 0 Å². The molecule has 0 saturated heterocycles. The third-order valence-corrected chi connectivity index (χ3v) is 15.2. The van der Waals surface area contributed by atoms with Crippen molar-refractivity contribution in [2.45, 2.75) is 181 Å². The average molecular weight is 781 g/mol. The highest BCUT2D eigenvalue weighted by Gasteiger charge is 2.47. The number of carbonyl (C=O) groups is 3. The number of ketones is 1. The summed E-state index contributed by atoms with van der Waals surface area (Å²) < 4.78 is 0. The molecule has 1 heterocycles. The van der Waals surface area contributed by atoms with Crippen molar-refractivity contribution in [3.05, 3.63) is 40.7 Å². The van der Waals surface area contributed by atoms with E-state index in [0.29, 0.717) is 35.2 Å². The molecule has 0 aromatic heterocycles. The van der Waals surface area contributed by atoms with Crippen LogP contribution in [0.1, 0.15) is 181 Å². The van der Waals surface area contributed by atoms with Crippen molar-refractivity contribution in [2.24, 2.45) is 34.2 Å². The van der Waals surface area contributed by atoms with Gasteiger partial charge >= 0.3 is 0 Å². The Morgan fingerprint density at radius 3 is 1.84 bits per heavy atom. The second-order valence-corrected chi connectivity index (χ2v) is 19.4. The molecule has 2 N–H and O–H groups in total. The lowest BCUT2D eigenvalue weighted by Gasteiger charge is -2.41. The second kappa shape index (κ2) is 18.7. The lowest BCUT2D eigenvalue weighted by molar-refractivity contribution is -0.131. The summed E-state index contributed by atoms with van der Waals surface area (Å²) in [6.45, 7) is 9.60. The lowest BCUT2D eigenvalue weighted by atomic mass is 9.73. The van der Waals surface area contributed by atoms with Crippen LogP contribution in [0.4, 0.5) is 11.4 Å². The highest BCUT2D eigenvalue weighted by molar-refractivity contribution is 6.44. The summed E-state index contributed by atoms with van der Waals surface area (Å²) in [5.74, 6) is 1.58. The summed E-state index contributed by atoms with van der Waals surface area (Å²) in [4.78, 5) is 45.1. The number of hydrogen-bond acceptors (Lipinski definition) is 6. The lowest BCUT2D eigenvalue weighted by Crippen LogP contribution is -2.46. The molecule has 8 nitrogen and oxygen atoms in total. The van der Waals surface area contributed by atoms with Gasteiger partial charge in [-0.2, -0.15) is 5.10 Å². The fraction of sp³-hybridized carbons (Fsp3) is 0.714. The molecule has 7 rings (SSSR count). The molecular formula is C49H72N4O4. The van der Waals surface area contributed by atoms with Gasteiger partial charge in [0.1, 0.15) is 5.76 Å². The third kappa shape index (κ3) is 9.25. The fourth-order valence-electron chi connectivity index (χ4n) is 11.2. The molecule has 2 amide bonds. The Bertz CT molecular complexity index is 1680. The summed E-state index contributed by atoms with van der Waals surface area (Å²) in [5.41, 5.74) is 2.43. The van der Waals surface area contributed by atoms with Crippen LogP contribution in [0, 0.1) is 29.1 Å². The van der Waals surface area contributed by atoms with Crippen molar-refractivity contribution in [1.29, 1.82) is 0 Å². The number of rotatable bonds is 16. The Morgan fingerprint density at radius 2 is 1.33 bits per heavy atom. The number of hydrogen-bond donors (Lipinski definition) is 2. The van der Waals surface area contributed by atoms with Gasteiger partial charge in [-0.05, 0) is 107 Å². The van der Waals surface area contributed by atoms with Gasteiger partial charge < -0.3 is 15.3 Å². The smallest absolute Gasteiger partial charge is 0.277 e. The summed E-state index contributed by atoms with van der Waals surface area (Å²) in [6.07, 6.45) is 27.9. The first-order valence-electron chi connectivity index (χ1n) is 23.4. The van der Waals surface area contributed by atoms with Crippen LogP contribution in [0.15, 0.2) is 40.2 Å². The molecule has 1 aromatic rings. The topological polar surface area (TPSA) is 102 Å². The van der Waals surface area contributed by atoms with Gasteiger partial charge in [-0.25, -0.2) is 5.01 Å². The average Bonchev–Trinajstić information content (AvgIpc) is 4.00. The van der Waals surface area contributed by atoms with Gasteiger partial charge in [-0.1, -0.05) is 111 Å². The van der Waals surface area contributed by atoms with Crippen molar-refractivity contribution in [1.82, 2.24) is 5.01 Å². The van der Waals surface area contributed by atoms with Gasteiger partial charge in [0, 0.05) is 29.8 Å². The number of benzene rings is 1. The van der Waals surface area contributed by atoms with E-state index < -0.39 is 5.41 Å². The molecule has 5 aliphatic carbocycles. The highest BCUT2D eigenvalue weighted by Crippen LogP contribution is 2.46. The van der Waals surface area contributed by atoms with E-state index in [1.807, 2.05) is 32.9 Å². The van der Waals surface area contributed by atoms with Gasteiger partial charge in [0.15, 0.2) is 0 Å². The van der Waals surface area contributed by atoms with Gasteiger partial charge in [-0.3, -0.25) is 14.4 Å². The minimum Gasteiger partial charge on any atom is -0.506 e. The zero-order valence-corrected chi connectivity index (χ0v) is 35.8. The van der Waals surface area contributed by atoms with Crippen LogP contribution in [0.5, 0.6) is 0 Å². The minimum absolute atomic E-state index is 0.0301. The number of aliphatic hydroxyl groups excluding tert-OH is 1. The van der Waals surface area contributed by atoms with Crippen LogP contribution >= 0.6 is 0 Å². The minimum atomic E-state index is -0.622. The molecule has 4 saturated carbocycles. The van der Waals surface area contributed by atoms with E-state index in [0.717, 1.165) is 69.1 Å². The normalized spacial score (nSPS) is 23.2. The van der Waals surface area contributed by atoms with E-state index in [1.165, 1.54) is 103 Å². The maximum atomic E-state index is 14.4. The first-order chi connectivity index (χ1) is 27.6. The van der Waals surface area contributed by atoms with Crippen molar-refractivity contribution in [3.8, 4) is 0 Å². The Hall–Kier alpha value is -3.42. The Balaban J connectivity index is 1.19. The molecule has 57 heavy (non-hydrogen) atoms. The molecule has 1 aromatic carbocycles. The molecule has 312 valence electrons. The number of nitrogens with one attached hydrogen (secondary N) is 1. The van der Waals surface area contributed by atoms with Crippen LogP contribution in [-0.4, -0.2) is 52.6 Å². The predicted octanol–water partition coefficient (Wildman–Crippen LogP) is 11.7. The quantitative estimate of drug-likeness (QED) is 0.163. The molecule has 0 unspecified atom stereocenters. The zero-order valence-electron chi connectivity index (χ0n) is 35.8. The fourth-order valence-corrected chi connectivity index (χ4v) is 11.2. The van der Waals surface area contributed by atoms with Crippen LogP contribution < -0.4 is 10.2 Å². The van der Waals surface area contributed by atoms with Gasteiger partial charge in [0.25, 0.3) is 5.91 Å². The molecule has 1 aliphatic heterocycles. The summed E-state index contributed by atoms with van der Waals surface area (Å²) in [6, 6.07) is 6.02. The maximum Gasteiger partial charge on any atom is 0.277 e. The number of allylic oxidation sites excluding steroid dienone is 2. The van der Waals surface area contributed by atoms with E-state index in [9.17, 15) is 19.5 Å². The van der Waals surface area contributed by atoms with Crippen LogP contribution in [-0.2, 0) is 14.4 Å². The third-order valence-electron chi connectivity index (χ3n) is 15.2. The summed E-state index contributed by atoms with van der Waals surface area (Å²) in [7, 11) is 0. The van der Waals surface area contributed by atoms with E-state index in [1.54, 1.807) is 11.9 Å². The van der Waals surface area contributed by atoms with Crippen molar-refractivity contribution in [2.75, 3.05) is 23.3 Å². The molecule has 0 radical (unpaired) electrons. The van der Waals surface area contributed by atoms with Crippen molar-refractivity contribution < 1.29 is 19.5 Å². The SMILES string of the molecule is CCC(C)(C)C(=O)Nc1cc(N(CCCC2CCCC2)CCCC2CCCC2)ccc1C1=C(O)C(=C2C(=O)N(C(C3CCCCC3)C3CCCCC3)N=C2C)C1=O. The monoisotopic (exact) mass is 781 g/mol. The van der Waals surface area contributed by atoms with E-state index >= 15 is 0 Å². The number of hydrazone groups is 1. The first-order valence-corrected chi connectivity index (χ1v) is 23.4. The Morgan fingerprint density at radius 1 is 0.807 bits per heavy atom. The number of aliphatic hydroxyl groups is 1.